The summed E-state index contributed by atoms with van der Waals surface area (Å²) in [6, 6.07) is 12.8. The van der Waals surface area contributed by atoms with Crippen LogP contribution in [0.4, 0.5) is 13.2 Å². The van der Waals surface area contributed by atoms with E-state index in [2.05, 4.69) is 0 Å². The molecule has 1 unspecified atom stereocenters. The lowest BCUT2D eigenvalue weighted by atomic mass is 10.0. The fourth-order valence-electron chi connectivity index (χ4n) is 2.11. The largest absolute Gasteiger partial charge is 0.507 e. The molecule has 0 saturated carbocycles. The first kappa shape index (κ1) is 18.9. The Morgan fingerprint density at radius 3 is 2.28 bits per heavy atom. The van der Waals surface area contributed by atoms with Gasteiger partial charge in [0.25, 0.3) is 5.78 Å². The number of carbonyl (C=O) groups is 1. The van der Waals surface area contributed by atoms with Crippen LogP contribution in [0, 0.1) is 0 Å². The van der Waals surface area contributed by atoms with Crippen molar-refractivity contribution in [1.29, 1.82) is 0 Å². The lowest BCUT2D eigenvalue weighted by molar-refractivity contribution is -0.165. The topological polar surface area (TPSA) is 74.6 Å². The minimum atomic E-state index is -5.04. The summed E-state index contributed by atoms with van der Waals surface area (Å²) in [5, 5.41) is 9.64. The second-order valence-corrected chi connectivity index (χ2v) is 6.07. The molecule has 0 radical (unpaired) electrons. The maximum atomic E-state index is 12.2. The van der Waals surface area contributed by atoms with Gasteiger partial charge in [-0.25, -0.2) is 4.21 Å². The van der Waals surface area contributed by atoms with Gasteiger partial charge in [0.1, 0.15) is 5.76 Å². The molecule has 25 heavy (non-hydrogen) atoms. The van der Waals surface area contributed by atoms with Crippen LogP contribution in [0.1, 0.15) is 11.1 Å². The molecule has 0 aliphatic rings. The molecular weight excluding hydrogens is 357 g/mol. The van der Waals surface area contributed by atoms with Gasteiger partial charge in [-0.2, -0.15) is 13.2 Å². The van der Waals surface area contributed by atoms with Crippen molar-refractivity contribution >= 4 is 22.6 Å². The van der Waals surface area contributed by atoms with E-state index in [1.54, 1.807) is 36.4 Å². The maximum Gasteiger partial charge on any atom is 0.454 e. The summed E-state index contributed by atoms with van der Waals surface area (Å²) < 4.78 is 56.4. The van der Waals surface area contributed by atoms with Gasteiger partial charge in [0, 0.05) is 11.6 Å². The Balaban J connectivity index is 2.24. The molecule has 4 nitrogen and oxygen atoms in total. The van der Waals surface area contributed by atoms with E-state index in [1.165, 1.54) is 12.1 Å². The predicted molar refractivity (Wildman–Crippen MR) is 88.0 cm³/mol. The quantitative estimate of drug-likeness (QED) is 0.472. The van der Waals surface area contributed by atoms with Gasteiger partial charge >= 0.3 is 6.18 Å². The van der Waals surface area contributed by atoms with Crippen molar-refractivity contribution in [2.45, 2.75) is 11.9 Å². The van der Waals surface area contributed by atoms with Crippen LogP contribution in [-0.2, 0) is 21.6 Å². The Bertz CT molecular complexity index is 827. The first-order valence-corrected chi connectivity index (χ1v) is 8.23. The first-order valence-electron chi connectivity index (χ1n) is 6.96. The second kappa shape index (κ2) is 7.62. The maximum absolute atomic E-state index is 12.2. The zero-order chi connectivity index (χ0) is 18.6. The van der Waals surface area contributed by atoms with E-state index in [0.29, 0.717) is 11.1 Å². The zero-order valence-electron chi connectivity index (χ0n) is 12.7. The highest BCUT2D eigenvalue weighted by molar-refractivity contribution is 7.78. The van der Waals surface area contributed by atoms with Gasteiger partial charge in [-0.15, -0.1) is 0 Å². The third-order valence-electron chi connectivity index (χ3n) is 3.28. The lowest BCUT2D eigenvalue weighted by Crippen LogP contribution is -2.20. The Hall–Kier alpha value is -2.45. The Morgan fingerprint density at radius 2 is 1.72 bits per heavy atom. The van der Waals surface area contributed by atoms with Crippen LogP contribution in [0.5, 0.6) is 0 Å². The molecular formula is C17H13F3O4S. The number of halogens is 3. The number of allylic oxidation sites excluding steroid dienone is 1. The predicted octanol–water partition coefficient (Wildman–Crippen LogP) is 4.11. The first-order chi connectivity index (χ1) is 11.7. The van der Waals surface area contributed by atoms with Crippen LogP contribution < -0.4 is 0 Å². The molecule has 2 aromatic rings. The van der Waals surface area contributed by atoms with Crippen molar-refractivity contribution in [2.75, 3.05) is 0 Å². The third-order valence-corrected chi connectivity index (χ3v) is 3.86. The van der Waals surface area contributed by atoms with Gasteiger partial charge in [0.2, 0.25) is 0 Å². The van der Waals surface area contributed by atoms with Gasteiger partial charge in [0.15, 0.2) is 11.1 Å². The highest BCUT2D eigenvalue weighted by atomic mass is 32.2. The smallest absolute Gasteiger partial charge is 0.454 e. The zero-order valence-corrected chi connectivity index (χ0v) is 13.5. The van der Waals surface area contributed by atoms with Crippen LogP contribution in [0.3, 0.4) is 0 Å². The van der Waals surface area contributed by atoms with Crippen LogP contribution in [0.15, 0.2) is 54.6 Å². The number of alkyl halides is 3. The van der Waals surface area contributed by atoms with E-state index in [1.807, 2.05) is 0 Å². The van der Waals surface area contributed by atoms with Gasteiger partial charge in [-0.1, -0.05) is 48.5 Å². The van der Waals surface area contributed by atoms with E-state index >= 15 is 0 Å². The summed E-state index contributed by atoms with van der Waals surface area (Å²) in [4.78, 5) is 10.9. The standard InChI is InChI=1S/C17H13F3O4S/c18-17(19,20)16(22)9-15(21)13-6-4-12(5-7-13)14-3-1-2-11(8-14)10-25(23)24/h1-9,21H,10H2,(H,23,24). The number of carbonyl (C=O) groups excluding carboxylic acids is 1. The van der Waals surface area contributed by atoms with E-state index in [4.69, 9.17) is 4.55 Å². The minimum Gasteiger partial charge on any atom is -0.507 e. The van der Waals surface area contributed by atoms with Crippen LogP contribution >= 0.6 is 0 Å². The van der Waals surface area contributed by atoms with Crippen LogP contribution in [-0.4, -0.2) is 25.8 Å². The summed E-state index contributed by atoms with van der Waals surface area (Å²) in [6.45, 7) is 0. The monoisotopic (exact) mass is 370 g/mol. The van der Waals surface area contributed by atoms with Crippen molar-refractivity contribution in [3.05, 3.63) is 65.7 Å². The van der Waals surface area contributed by atoms with Crippen LogP contribution in [0.25, 0.3) is 16.9 Å². The van der Waals surface area contributed by atoms with Crippen molar-refractivity contribution < 1.29 is 31.8 Å². The molecule has 2 aromatic carbocycles. The molecule has 1 atom stereocenters. The summed E-state index contributed by atoms with van der Waals surface area (Å²) in [7, 11) is 0. The molecule has 0 aliphatic carbocycles. The highest BCUT2D eigenvalue weighted by Crippen LogP contribution is 2.24. The Kier molecular flexibility index (Phi) is 5.76. The second-order valence-electron chi connectivity index (χ2n) is 5.14. The number of ketones is 1. The highest BCUT2D eigenvalue weighted by Gasteiger charge is 2.36. The summed E-state index contributed by atoms with van der Waals surface area (Å²) in [6.07, 6.45) is -4.91. The number of hydrogen-bond donors (Lipinski definition) is 2. The number of rotatable bonds is 5. The molecule has 2 N–H and O–H groups in total. The fraction of sp³-hybridized carbons (Fsp3) is 0.118. The summed E-state index contributed by atoms with van der Waals surface area (Å²) in [5.41, 5.74) is 2.16. The SMILES string of the molecule is O=C(C=C(O)c1ccc(-c2cccc(CS(=O)O)c2)cc1)C(F)(F)F. The van der Waals surface area contributed by atoms with Gasteiger partial charge in [-0.05, 0) is 16.7 Å². The number of aliphatic hydroxyl groups is 1. The van der Waals surface area contributed by atoms with Crippen molar-refractivity contribution in [1.82, 2.24) is 0 Å². The van der Waals surface area contributed by atoms with Gasteiger partial charge < -0.3 is 9.66 Å². The summed E-state index contributed by atoms with van der Waals surface area (Å²) in [5.74, 6) is -2.94. The van der Waals surface area contributed by atoms with E-state index < -0.39 is 28.8 Å². The molecule has 0 heterocycles. The van der Waals surface area contributed by atoms with Crippen LogP contribution in [0.2, 0.25) is 0 Å². The lowest BCUT2D eigenvalue weighted by Gasteiger charge is -2.07. The average molecular weight is 370 g/mol. The normalized spacial score (nSPS) is 13.5. The molecule has 0 saturated heterocycles. The van der Waals surface area contributed by atoms with Gasteiger partial charge in [-0.3, -0.25) is 4.79 Å². The molecule has 132 valence electrons. The van der Waals surface area contributed by atoms with Crippen molar-refractivity contribution in [2.24, 2.45) is 0 Å². The van der Waals surface area contributed by atoms with Crippen molar-refractivity contribution in [3.8, 4) is 11.1 Å². The van der Waals surface area contributed by atoms with Gasteiger partial charge in [0.05, 0.1) is 5.75 Å². The van der Waals surface area contributed by atoms with E-state index in [0.717, 1.165) is 5.56 Å². The Labute approximate surface area is 143 Å². The molecule has 0 spiro atoms. The minimum absolute atomic E-state index is 0.0188. The van der Waals surface area contributed by atoms with Crippen molar-refractivity contribution in [3.63, 3.8) is 0 Å². The fourth-order valence-corrected chi connectivity index (χ4v) is 2.57. The molecule has 0 amide bonds. The molecule has 2 rings (SSSR count). The number of hydrogen-bond acceptors (Lipinski definition) is 3. The molecule has 0 aliphatic heterocycles. The Morgan fingerprint density at radius 1 is 1.08 bits per heavy atom. The number of aliphatic hydroxyl groups excluding tert-OH is 1. The van der Waals surface area contributed by atoms with E-state index in [9.17, 15) is 27.3 Å². The summed E-state index contributed by atoms with van der Waals surface area (Å²) >= 11 is -1.97. The third kappa shape index (κ3) is 5.27. The molecule has 0 fully saturated rings. The molecule has 0 bridgehead atoms. The average Bonchev–Trinajstić information content (AvgIpc) is 2.53. The molecule has 0 aromatic heterocycles. The molecule has 8 heteroatoms. The van der Waals surface area contributed by atoms with E-state index in [-0.39, 0.29) is 17.4 Å². The number of benzene rings is 2.